The highest BCUT2D eigenvalue weighted by Gasteiger charge is 2.29. The van der Waals surface area contributed by atoms with E-state index in [4.69, 9.17) is 0 Å². The van der Waals surface area contributed by atoms with Gasteiger partial charge in [-0.15, -0.1) is 5.10 Å². The van der Waals surface area contributed by atoms with Gasteiger partial charge in [0.25, 0.3) is 5.56 Å². The third-order valence-corrected chi connectivity index (χ3v) is 6.23. The summed E-state index contributed by atoms with van der Waals surface area (Å²) in [7, 11) is 0. The van der Waals surface area contributed by atoms with Gasteiger partial charge in [-0.2, -0.15) is 0 Å². The third-order valence-electron chi connectivity index (χ3n) is 6.23. The lowest BCUT2D eigenvalue weighted by molar-refractivity contribution is 0.153. The first kappa shape index (κ1) is 23.8. The Bertz CT molecular complexity index is 1330. The second kappa shape index (κ2) is 9.50. The van der Waals surface area contributed by atoms with Crippen LogP contribution in [0.15, 0.2) is 53.3 Å². The van der Waals surface area contributed by atoms with Gasteiger partial charge in [0.1, 0.15) is 0 Å². The number of aromatic nitrogens is 5. The van der Waals surface area contributed by atoms with E-state index in [2.05, 4.69) is 84.3 Å². The molecule has 34 heavy (non-hydrogen) atoms. The molecule has 0 fully saturated rings. The highest BCUT2D eigenvalue weighted by atomic mass is 16.1. The monoisotopic (exact) mass is 458 g/mol. The van der Waals surface area contributed by atoms with Crippen molar-refractivity contribution in [2.24, 2.45) is 0 Å². The summed E-state index contributed by atoms with van der Waals surface area (Å²) in [5.41, 5.74) is 4.78. The Kier molecular flexibility index (Phi) is 6.66. The molecule has 4 aromatic rings. The van der Waals surface area contributed by atoms with E-state index < -0.39 is 0 Å². The molecule has 7 nitrogen and oxygen atoms in total. The van der Waals surface area contributed by atoms with Crippen molar-refractivity contribution in [2.75, 3.05) is 0 Å². The Balaban J connectivity index is 1.79. The Labute approximate surface area is 200 Å². The van der Waals surface area contributed by atoms with Gasteiger partial charge in [-0.25, -0.2) is 4.68 Å². The minimum atomic E-state index is -0.250. The number of aryl methyl sites for hydroxylation is 2. The average molecular weight is 459 g/mol. The molecule has 0 saturated heterocycles. The molecular weight excluding hydrogens is 424 g/mol. The predicted octanol–water partition coefficient (Wildman–Crippen LogP) is 5.04. The Hall–Kier alpha value is -3.32. The van der Waals surface area contributed by atoms with Gasteiger partial charge in [-0.3, -0.25) is 9.69 Å². The number of H-pyrrole nitrogens is 1. The molecule has 4 rings (SSSR count). The summed E-state index contributed by atoms with van der Waals surface area (Å²) in [6.07, 6.45) is 0.812. The van der Waals surface area contributed by atoms with Crippen molar-refractivity contribution in [3.05, 3.63) is 87.0 Å². The zero-order chi connectivity index (χ0) is 24.5. The third kappa shape index (κ3) is 4.94. The summed E-state index contributed by atoms with van der Waals surface area (Å²) in [5, 5.41) is 13.8. The molecule has 1 N–H and O–H groups in total. The number of hydrogen-bond acceptors (Lipinski definition) is 5. The van der Waals surface area contributed by atoms with Gasteiger partial charge in [0.05, 0.1) is 17.1 Å². The predicted molar refractivity (Wildman–Crippen MR) is 136 cm³/mol. The maximum absolute atomic E-state index is 13.2. The van der Waals surface area contributed by atoms with Crippen LogP contribution in [0.4, 0.5) is 0 Å². The minimum absolute atomic E-state index is 0.0521. The molecule has 2 aromatic heterocycles. The van der Waals surface area contributed by atoms with Crippen molar-refractivity contribution in [3.8, 4) is 0 Å². The largest absolute Gasteiger partial charge is 0.321 e. The van der Waals surface area contributed by atoms with Crippen LogP contribution >= 0.6 is 0 Å². The number of benzene rings is 2. The molecule has 0 saturated carbocycles. The van der Waals surface area contributed by atoms with Gasteiger partial charge in [0.15, 0.2) is 5.82 Å². The summed E-state index contributed by atoms with van der Waals surface area (Å²) in [6, 6.07) is 16.5. The van der Waals surface area contributed by atoms with Gasteiger partial charge in [-0.05, 0) is 80.1 Å². The fourth-order valence-electron chi connectivity index (χ4n) is 4.65. The lowest BCUT2D eigenvalue weighted by Crippen LogP contribution is -2.35. The zero-order valence-electron chi connectivity index (χ0n) is 21.0. The SMILES string of the molecule is CC[C@H](c1nnnn1C(C)(C)C)N(Cc1ccccc1)Cc1cc2cc(C)cc(C)c2[nH]c1=O. The smallest absolute Gasteiger partial charge is 0.252 e. The molecule has 0 aliphatic carbocycles. The standard InChI is InChI=1S/C27H34N6O/c1-7-23(25-29-30-31-33(25)27(4,5)6)32(16-20-11-9-8-10-12-20)17-22-15-21-14-18(2)13-19(3)24(21)28-26(22)34/h8-15,23H,7,16-17H2,1-6H3,(H,28,34)/t23-/m1/s1. The molecular formula is C27H34N6O. The number of fused-ring (bicyclic) bond motifs is 1. The molecule has 2 aromatic carbocycles. The van der Waals surface area contributed by atoms with E-state index in [1.807, 2.05) is 35.9 Å². The lowest BCUT2D eigenvalue weighted by atomic mass is 10.0. The molecule has 7 heteroatoms. The Morgan fingerprint density at radius 3 is 2.47 bits per heavy atom. The van der Waals surface area contributed by atoms with Crippen molar-refractivity contribution >= 4 is 10.9 Å². The summed E-state index contributed by atoms with van der Waals surface area (Å²) in [4.78, 5) is 18.6. The van der Waals surface area contributed by atoms with Crippen LogP contribution in [0.5, 0.6) is 0 Å². The summed E-state index contributed by atoms with van der Waals surface area (Å²) in [6.45, 7) is 13.7. The molecule has 0 amide bonds. The first-order valence-electron chi connectivity index (χ1n) is 11.9. The van der Waals surface area contributed by atoms with Crippen LogP contribution in [0.2, 0.25) is 0 Å². The summed E-state index contributed by atoms with van der Waals surface area (Å²) in [5.74, 6) is 0.815. The van der Waals surface area contributed by atoms with E-state index in [1.54, 1.807) is 0 Å². The fourth-order valence-corrected chi connectivity index (χ4v) is 4.65. The minimum Gasteiger partial charge on any atom is -0.321 e. The first-order chi connectivity index (χ1) is 16.2. The molecule has 0 aliphatic rings. The molecule has 178 valence electrons. The van der Waals surface area contributed by atoms with Crippen LogP contribution in [0.3, 0.4) is 0 Å². The van der Waals surface area contributed by atoms with E-state index >= 15 is 0 Å². The highest BCUT2D eigenvalue weighted by Crippen LogP contribution is 2.29. The van der Waals surface area contributed by atoms with Crippen molar-refractivity contribution in [1.82, 2.24) is 30.1 Å². The van der Waals surface area contributed by atoms with E-state index in [-0.39, 0.29) is 17.1 Å². The van der Waals surface area contributed by atoms with Crippen molar-refractivity contribution in [1.29, 1.82) is 0 Å². The summed E-state index contributed by atoms with van der Waals surface area (Å²) >= 11 is 0. The van der Waals surface area contributed by atoms with Crippen LogP contribution in [-0.4, -0.2) is 30.1 Å². The first-order valence-corrected chi connectivity index (χ1v) is 11.9. The number of hydrogen-bond donors (Lipinski definition) is 1. The molecule has 0 bridgehead atoms. The number of tetrazole rings is 1. The van der Waals surface area contributed by atoms with Crippen LogP contribution in [0.25, 0.3) is 10.9 Å². The van der Waals surface area contributed by atoms with E-state index in [1.165, 1.54) is 11.1 Å². The van der Waals surface area contributed by atoms with Crippen LogP contribution in [-0.2, 0) is 18.6 Å². The van der Waals surface area contributed by atoms with Gasteiger partial charge < -0.3 is 4.98 Å². The Morgan fingerprint density at radius 2 is 1.79 bits per heavy atom. The molecule has 0 aliphatic heterocycles. The number of aromatic amines is 1. The molecule has 2 heterocycles. The topological polar surface area (TPSA) is 79.7 Å². The summed E-state index contributed by atoms with van der Waals surface area (Å²) < 4.78 is 1.90. The molecule has 1 atom stereocenters. The van der Waals surface area contributed by atoms with Gasteiger partial charge in [0, 0.05) is 18.7 Å². The average Bonchev–Trinajstić information content (AvgIpc) is 3.26. The van der Waals surface area contributed by atoms with Crippen molar-refractivity contribution in [3.63, 3.8) is 0 Å². The van der Waals surface area contributed by atoms with Gasteiger partial charge >= 0.3 is 0 Å². The number of nitrogens with zero attached hydrogens (tertiary/aromatic N) is 5. The second-order valence-electron chi connectivity index (χ2n) is 10.1. The van der Waals surface area contributed by atoms with Crippen LogP contribution in [0, 0.1) is 13.8 Å². The van der Waals surface area contributed by atoms with Gasteiger partial charge in [-0.1, -0.05) is 48.9 Å². The maximum atomic E-state index is 13.2. The number of pyridine rings is 1. The second-order valence-corrected chi connectivity index (χ2v) is 10.1. The molecule has 0 unspecified atom stereocenters. The lowest BCUT2D eigenvalue weighted by Gasteiger charge is -2.32. The normalized spacial score (nSPS) is 13.0. The number of rotatable bonds is 7. The van der Waals surface area contributed by atoms with Crippen molar-refractivity contribution < 1.29 is 0 Å². The zero-order valence-corrected chi connectivity index (χ0v) is 21.0. The molecule has 0 spiro atoms. The Morgan fingerprint density at radius 1 is 1.06 bits per heavy atom. The van der Waals surface area contributed by atoms with Crippen LogP contribution in [0.1, 0.15) is 68.2 Å². The maximum Gasteiger partial charge on any atom is 0.252 e. The highest BCUT2D eigenvalue weighted by molar-refractivity contribution is 5.82. The quantitative estimate of drug-likeness (QED) is 0.420. The van der Waals surface area contributed by atoms with E-state index in [9.17, 15) is 4.79 Å². The van der Waals surface area contributed by atoms with Gasteiger partial charge in [0.2, 0.25) is 0 Å². The molecule has 0 radical (unpaired) electrons. The van der Waals surface area contributed by atoms with E-state index in [0.717, 1.165) is 34.3 Å². The van der Waals surface area contributed by atoms with Crippen LogP contribution < -0.4 is 5.56 Å². The fraction of sp³-hybridized carbons (Fsp3) is 0.407. The van der Waals surface area contributed by atoms with E-state index in [0.29, 0.717) is 13.1 Å². The number of nitrogens with one attached hydrogen (secondary N) is 1. The van der Waals surface area contributed by atoms with Crippen molar-refractivity contribution in [2.45, 2.75) is 72.6 Å².